The van der Waals surface area contributed by atoms with Crippen LogP contribution < -0.4 is 0 Å². The molecule has 6 heteroatoms. The summed E-state index contributed by atoms with van der Waals surface area (Å²) in [7, 11) is 0. The fourth-order valence-corrected chi connectivity index (χ4v) is 3.20. The number of nitrogens with zero attached hydrogens (tertiary/aromatic N) is 3. The highest BCUT2D eigenvalue weighted by atomic mass is 35.5. The van der Waals surface area contributed by atoms with Crippen molar-refractivity contribution in [3.8, 4) is 17.3 Å². The van der Waals surface area contributed by atoms with Crippen LogP contribution in [0.3, 0.4) is 0 Å². The van der Waals surface area contributed by atoms with Crippen molar-refractivity contribution in [2.24, 2.45) is 0 Å². The number of halogens is 2. The molecule has 0 aliphatic carbocycles. The minimum absolute atomic E-state index is 0.284. The molecule has 0 aliphatic rings. The summed E-state index contributed by atoms with van der Waals surface area (Å²) in [5.41, 5.74) is 2.39. The molecule has 0 spiro atoms. The minimum atomic E-state index is 0.284. The monoisotopic (exact) mass is 307 g/mol. The van der Waals surface area contributed by atoms with Gasteiger partial charge in [0.15, 0.2) is 4.96 Å². The van der Waals surface area contributed by atoms with Gasteiger partial charge in [0, 0.05) is 22.2 Å². The van der Waals surface area contributed by atoms with Gasteiger partial charge in [0.1, 0.15) is 0 Å². The first-order valence-corrected chi connectivity index (χ1v) is 7.11. The van der Waals surface area contributed by atoms with Gasteiger partial charge in [0.2, 0.25) is 0 Å². The minimum Gasteiger partial charge on any atom is -0.293 e. The Morgan fingerprint density at radius 2 is 2.21 bits per heavy atom. The summed E-state index contributed by atoms with van der Waals surface area (Å²) >= 11 is 13.6. The molecule has 0 atom stereocenters. The number of rotatable bonds is 2. The average Bonchev–Trinajstić information content (AvgIpc) is 2.93. The lowest BCUT2D eigenvalue weighted by Crippen LogP contribution is -1.92. The van der Waals surface area contributed by atoms with Gasteiger partial charge in [-0.1, -0.05) is 23.2 Å². The molecule has 3 rings (SSSR count). The number of aromatic nitrogens is 2. The van der Waals surface area contributed by atoms with E-state index >= 15 is 0 Å². The van der Waals surface area contributed by atoms with Crippen molar-refractivity contribution in [2.45, 2.75) is 6.42 Å². The Morgan fingerprint density at radius 3 is 2.95 bits per heavy atom. The van der Waals surface area contributed by atoms with Crippen molar-refractivity contribution in [1.82, 2.24) is 9.38 Å². The number of imidazole rings is 1. The van der Waals surface area contributed by atoms with Crippen LogP contribution in [0.25, 0.3) is 16.2 Å². The van der Waals surface area contributed by atoms with Gasteiger partial charge in [-0.25, -0.2) is 4.98 Å². The maximum absolute atomic E-state index is 8.98. The second-order valence-electron chi connectivity index (χ2n) is 3.92. The Balaban J connectivity index is 2.26. The first-order valence-electron chi connectivity index (χ1n) is 5.47. The third-order valence-corrected chi connectivity index (χ3v) is 4.10. The van der Waals surface area contributed by atoms with Crippen molar-refractivity contribution in [3.05, 3.63) is 45.5 Å². The van der Waals surface area contributed by atoms with Gasteiger partial charge in [-0.15, -0.1) is 11.3 Å². The van der Waals surface area contributed by atoms with Gasteiger partial charge >= 0.3 is 0 Å². The summed E-state index contributed by atoms with van der Waals surface area (Å²) in [6.45, 7) is 0. The molecule has 0 fully saturated rings. The van der Waals surface area contributed by atoms with E-state index in [-0.39, 0.29) is 6.42 Å². The third kappa shape index (κ3) is 2.10. The van der Waals surface area contributed by atoms with Gasteiger partial charge in [-0.3, -0.25) is 4.40 Å². The first-order chi connectivity index (χ1) is 9.20. The quantitative estimate of drug-likeness (QED) is 0.702. The van der Waals surface area contributed by atoms with E-state index in [4.69, 9.17) is 28.5 Å². The predicted octanol–water partition coefficient (Wildman–Crippen LogP) is 4.44. The molecular weight excluding hydrogens is 301 g/mol. The van der Waals surface area contributed by atoms with Gasteiger partial charge < -0.3 is 0 Å². The molecule has 2 heterocycles. The molecule has 3 nitrogen and oxygen atoms in total. The predicted molar refractivity (Wildman–Crippen MR) is 77.8 cm³/mol. The van der Waals surface area contributed by atoms with E-state index in [9.17, 15) is 0 Å². The summed E-state index contributed by atoms with van der Waals surface area (Å²) in [4.78, 5) is 5.41. The van der Waals surface area contributed by atoms with E-state index in [1.165, 1.54) is 11.3 Å². The van der Waals surface area contributed by atoms with Gasteiger partial charge in [0.25, 0.3) is 0 Å². The van der Waals surface area contributed by atoms with Crippen LogP contribution in [0.5, 0.6) is 0 Å². The van der Waals surface area contributed by atoms with Crippen LogP contribution >= 0.6 is 34.5 Å². The van der Waals surface area contributed by atoms with Crippen LogP contribution in [-0.2, 0) is 6.42 Å². The van der Waals surface area contributed by atoms with E-state index < -0.39 is 0 Å². The smallest absolute Gasteiger partial charge is 0.194 e. The summed E-state index contributed by atoms with van der Waals surface area (Å²) in [5, 5.41) is 12.0. The standard InChI is InChI=1S/C13H7Cl2N3S/c14-8-1-2-9(10(15)7-8)12-11(3-4-16)18-5-6-19-13(18)17-12/h1-2,5-7H,3H2. The third-order valence-electron chi connectivity index (χ3n) is 2.79. The van der Waals surface area contributed by atoms with E-state index in [0.717, 1.165) is 21.9 Å². The van der Waals surface area contributed by atoms with Crippen LogP contribution in [0.15, 0.2) is 29.8 Å². The molecule has 2 aromatic heterocycles. The van der Waals surface area contributed by atoms with Crippen molar-refractivity contribution in [1.29, 1.82) is 5.26 Å². The summed E-state index contributed by atoms with van der Waals surface area (Å²) in [5.74, 6) is 0. The number of hydrogen-bond acceptors (Lipinski definition) is 3. The Hall–Kier alpha value is -1.54. The molecule has 0 saturated heterocycles. The topological polar surface area (TPSA) is 41.1 Å². The summed E-state index contributed by atoms with van der Waals surface area (Å²) in [6.07, 6.45) is 2.19. The molecule has 0 saturated carbocycles. The van der Waals surface area contributed by atoms with Crippen LogP contribution in [0.1, 0.15) is 5.69 Å². The van der Waals surface area contributed by atoms with Crippen molar-refractivity contribution in [3.63, 3.8) is 0 Å². The molecule has 0 amide bonds. The SMILES string of the molecule is N#CCc1c(-c2ccc(Cl)cc2Cl)nc2sccn12. The molecule has 1 aromatic carbocycles. The number of nitriles is 1. The van der Waals surface area contributed by atoms with Crippen LogP contribution in [0, 0.1) is 11.3 Å². The van der Waals surface area contributed by atoms with Crippen LogP contribution in [-0.4, -0.2) is 9.38 Å². The summed E-state index contributed by atoms with van der Waals surface area (Å²) in [6, 6.07) is 7.45. The Kier molecular flexibility index (Phi) is 3.19. The van der Waals surface area contributed by atoms with Gasteiger partial charge in [-0.05, 0) is 18.2 Å². The second-order valence-corrected chi connectivity index (χ2v) is 5.64. The molecule has 19 heavy (non-hydrogen) atoms. The normalized spacial score (nSPS) is 10.8. The molecule has 0 N–H and O–H groups in total. The van der Waals surface area contributed by atoms with E-state index in [0.29, 0.717) is 10.0 Å². The number of benzene rings is 1. The van der Waals surface area contributed by atoms with Crippen LogP contribution in [0.2, 0.25) is 10.0 Å². The van der Waals surface area contributed by atoms with Gasteiger partial charge in [-0.2, -0.15) is 5.26 Å². The zero-order valence-corrected chi connectivity index (χ0v) is 11.9. The van der Waals surface area contributed by atoms with Crippen molar-refractivity contribution in [2.75, 3.05) is 0 Å². The molecular formula is C13H7Cl2N3S. The van der Waals surface area contributed by atoms with Gasteiger partial charge in [0.05, 0.1) is 28.9 Å². The highest BCUT2D eigenvalue weighted by molar-refractivity contribution is 7.15. The van der Waals surface area contributed by atoms with E-state index in [1.54, 1.807) is 12.1 Å². The fourth-order valence-electron chi connectivity index (χ4n) is 1.97. The largest absolute Gasteiger partial charge is 0.293 e. The summed E-state index contributed by atoms with van der Waals surface area (Å²) < 4.78 is 1.92. The van der Waals surface area contributed by atoms with Crippen LogP contribution in [0.4, 0.5) is 0 Å². The zero-order valence-electron chi connectivity index (χ0n) is 9.60. The number of hydrogen-bond donors (Lipinski definition) is 0. The molecule has 94 valence electrons. The maximum atomic E-state index is 8.98. The lowest BCUT2D eigenvalue weighted by molar-refractivity contribution is 1.07. The fraction of sp³-hybridized carbons (Fsp3) is 0.0769. The average molecular weight is 308 g/mol. The van der Waals surface area contributed by atoms with Crippen molar-refractivity contribution < 1.29 is 0 Å². The highest BCUT2D eigenvalue weighted by Crippen LogP contribution is 2.33. The number of fused-ring (bicyclic) bond motifs is 1. The molecule has 3 aromatic rings. The number of thiazole rings is 1. The second kappa shape index (κ2) is 4.86. The lowest BCUT2D eigenvalue weighted by Gasteiger charge is -2.04. The Bertz CT molecular complexity index is 798. The molecule has 0 aliphatic heterocycles. The maximum Gasteiger partial charge on any atom is 0.194 e. The molecule has 0 unspecified atom stereocenters. The van der Waals surface area contributed by atoms with Crippen molar-refractivity contribution >= 4 is 39.5 Å². The van der Waals surface area contributed by atoms with E-state index in [1.807, 2.05) is 22.0 Å². The Labute approximate surface area is 123 Å². The highest BCUT2D eigenvalue weighted by Gasteiger charge is 2.16. The first kappa shape index (κ1) is 12.5. The molecule has 0 bridgehead atoms. The zero-order chi connectivity index (χ0) is 13.4. The lowest BCUT2D eigenvalue weighted by atomic mass is 10.1. The Morgan fingerprint density at radius 1 is 1.37 bits per heavy atom. The van der Waals surface area contributed by atoms with E-state index in [2.05, 4.69) is 11.1 Å². The molecule has 0 radical (unpaired) electrons.